The van der Waals surface area contributed by atoms with E-state index in [4.69, 9.17) is 15.2 Å². The van der Waals surface area contributed by atoms with Crippen LogP contribution in [0.2, 0.25) is 0 Å². The number of nitrogens with two attached hydrogens (primary N) is 1. The van der Waals surface area contributed by atoms with E-state index >= 15 is 0 Å². The number of imidazole rings is 1. The van der Waals surface area contributed by atoms with Crippen LogP contribution in [0.4, 0.5) is 5.95 Å². The second-order valence-electron chi connectivity index (χ2n) is 6.85. The number of hydrogen-bond donors (Lipinski definition) is 1. The molecule has 0 fully saturated rings. The molecule has 0 radical (unpaired) electrons. The van der Waals surface area contributed by atoms with Crippen LogP contribution in [-0.4, -0.2) is 17.1 Å². The van der Waals surface area contributed by atoms with Crippen molar-refractivity contribution in [2.75, 3.05) is 12.5 Å². The first-order valence-corrected chi connectivity index (χ1v) is 8.79. The number of benzene rings is 2. The smallest absolute Gasteiger partial charge is 0.355 e. The van der Waals surface area contributed by atoms with E-state index in [9.17, 15) is 4.79 Å². The highest BCUT2D eigenvalue weighted by atomic mass is 79.9. The molecule has 146 valence electrons. The molecule has 28 heavy (non-hydrogen) atoms. The maximum atomic E-state index is 12.7. The lowest BCUT2D eigenvalue weighted by molar-refractivity contribution is -0.667. The molecule has 1 aliphatic rings. The lowest BCUT2D eigenvalue weighted by Gasteiger charge is -2.03. The zero-order valence-electron chi connectivity index (χ0n) is 16.0. The van der Waals surface area contributed by atoms with E-state index in [1.807, 2.05) is 17.8 Å². The minimum atomic E-state index is -0.0396. The number of aromatic nitrogens is 2. The lowest BCUT2D eigenvalue weighted by atomic mass is 10.0. The van der Waals surface area contributed by atoms with Crippen LogP contribution in [0.25, 0.3) is 11.3 Å². The molecule has 0 aliphatic carbocycles. The molecule has 0 saturated heterocycles. The Bertz CT molecular complexity index is 1060. The number of aryl methyl sites for hydroxylation is 2. The number of ketones is 1. The van der Waals surface area contributed by atoms with Crippen molar-refractivity contribution in [2.24, 2.45) is 7.05 Å². The summed E-state index contributed by atoms with van der Waals surface area (Å²) in [6.45, 7) is 4.52. The number of carbonyl (C=O) groups excluding carboxylic acids is 1. The fraction of sp³-hybridized carbons (Fsp3) is 0.238. The molecule has 0 unspecified atom stereocenters. The number of carbonyl (C=O) groups is 1. The first-order valence-electron chi connectivity index (χ1n) is 8.79. The van der Waals surface area contributed by atoms with E-state index in [1.165, 1.54) is 11.1 Å². The van der Waals surface area contributed by atoms with Crippen molar-refractivity contribution in [3.63, 3.8) is 0 Å². The molecule has 0 spiro atoms. The predicted octanol–water partition coefficient (Wildman–Crippen LogP) is -0.206. The zero-order valence-corrected chi connectivity index (χ0v) is 17.6. The van der Waals surface area contributed by atoms with Crippen molar-refractivity contribution < 1.29 is 35.8 Å². The summed E-state index contributed by atoms with van der Waals surface area (Å²) in [6.07, 6.45) is 1.92. The summed E-state index contributed by atoms with van der Waals surface area (Å²) in [5.74, 6) is 1.75. The van der Waals surface area contributed by atoms with E-state index in [1.54, 1.807) is 22.8 Å². The molecule has 2 aromatic carbocycles. The van der Waals surface area contributed by atoms with E-state index in [2.05, 4.69) is 32.0 Å². The van der Waals surface area contributed by atoms with Crippen molar-refractivity contribution in [3.05, 3.63) is 59.3 Å². The van der Waals surface area contributed by atoms with Crippen molar-refractivity contribution in [2.45, 2.75) is 20.4 Å². The first kappa shape index (κ1) is 19.9. The Balaban J connectivity index is 0.00000225. The third-order valence-electron chi connectivity index (χ3n) is 5.09. The van der Waals surface area contributed by atoms with Crippen LogP contribution in [0.15, 0.2) is 42.6 Å². The van der Waals surface area contributed by atoms with Crippen molar-refractivity contribution in [1.29, 1.82) is 0 Å². The topological polar surface area (TPSA) is 70.4 Å². The highest BCUT2D eigenvalue weighted by molar-refractivity contribution is 5.95. The lowest BCUT2D eigenvalue weighted by Crippen LogP contribution is -3.00. The molecule has 6 nitrogen and oxygen atoms in total. The quantitative estimate of drug-likeness (QED) is 0.447. The van der Waals surface area contributed by atoms with Gasteiger partial charge >= 0.3 is 5.95 Å². The maximum absolute atomic E-state index is 12.7. The molecular formula is C21H22BrN3O3. The predicted molar refractivity (Wildman–Crippen MR) is 102 cm³/mol. The summed E-state index contributed by atoms with van der Waals surface area (Å²) in [5, 5.41) is 0. The minimum Gasteiger partial charge on any atom is -1.00 e. The summed E-state index contributed by atoms with van der Waals surface area (Å²) >= 11 is 0. The number of fused-ring (bicyclic) bond motifs is 1. The molecule has 2 N–H and O–H groups in total. The first-order chi connectivity index (χ1) is 12.9. The van der Waals surface area contributed by atoms with Gasteiger partial charge < -0.3 is 26.5 Å². The fourth-order valence-electron chi connectivity index (χ4n) is 3.23. The van der Waals surface area contributed by atoms with Crippen LogP contribution in [0.5, 0.6) is 11.5 Å². The van der Waals surface area contributed by atoms with Crippen LogP contribution in [-0.2, 0) is 13.6 Å². The van der Waals surface area contributed by atoms with Gasteiger partial charge in [-0.2, -0.15) is 0 Å². The molecule has 4 rings (SSSR count). The Morgan fingerprint density at radius 2 is 1.86 bits per heavy atom. The number of anilines is 1. The highest BCUT2D eigenvalue weighted by Gasteiger charge is 2.22. The van der Waals surface area contributed by atoms with Crippen LogP contribution in [0, 0.1) is 13.8 Å². The van der Waals surface area contributed by atoms with Gasteiger partial charge in [0.1, 0.15) is 18.4 Å². The van der Waals surface area contributed by atoms with Gasteiger partial charge in [-0.3, -0.25) is 10.5 Å². The molecule has 0 amide bonds. The Morgan fingerprint density at radius 1 is 1.11 bits per heavy atom. The fourth-order valence-corrected chi connectivity index (χ4v) is 3.23. The number of hydrogen-bond acceptors (Lipinski definition) is 4. The molecule has 0 bridgehead atoms. The second kappa shape index (κ2) is 7.67. The molecule has 2 heterocycles. The summed E-state index contributed by atoms with van der Waals surface area (Å²) in [5.41, 5.74) is 11.3. The van der Waals surface area contributed by atoms with Crippen LogP contribution in [0.1, 0.15) is 21.5 Å². The zero-order chi connectivity index (χ0) is 19.1. The second-order valence-corrected chi connectivity index (χ2v) is 6.85. The van der Waals surface area contributed by atoms with Crippen molar-refractivity contribution in [1.82, 2.24) is 4.57 Å². The highest BCUT2D eigenvalue weighted by Crippen LogP contribution is 2.32. The number of nitrogen functional groups attached to an aromatic ring is 1. The summed E-state index contributed by atoms with van der Waals surface area (Å²) in [7, 11) is 1.90. The van der Waals surface area contributed by atoms with Gasteiger partial charge in [-0.05, 0) is 49.2 Å². The van der Waals surface area contributed by atoms with E-state index in [0.29, 0.717) is 23.0 Å². The molecule has 1 aliphatic heterocycles. The molecule has 0 atom stereocenters. The van der Waals surface area contributed by atoms with Gasteiger partial charge in [0.05, 0.1) is 7.05 Å². The van der Waals surface area contributed by atoms with Crippen LogP contribution in [0.3, 0.4) is 0 Å². The molecule has 1 aromatic heterocycles. The largest absolute Gasteiger partial charge is 1.00 e. The average Bonchev–Trinajstić information content (AvgIpc) is 3.23. The van der Waals surface area contributed by atoms with Crippen molar-refractivity contribution >= 4 is 11.7 Å². The average molecular weight is 444 g/mol. The van der Waals surface area contributed by atoms with E-state index < -0.39 is 0 Å². The van der Waals surface area contributed by atoms with Gasteiger partial charge in [0.25, 0.3) is 0 Å². The van der Waals surface area contributed by atoms with Gasteiger partial charge in [0.15, 0.2) is 17.3 Å². The van der Waals surface area contributed by atoms with Gasteiger partial charge in [-0.1, -0.05) is 12.1 Å². The van der Waals surface area contributed by atoms with Gasteiger partial charge in [-0.25, -0.2) is 9.13 Å². The number of Topliss-reactive ketones (excluding diaryl/α,β-unsaturated/α-hetero) is 1. The third kappa shape index (κ3) is 3.49. The molecular weight excluding hydrogens is 422 g/mol. The molecule has 3 aromatic rings. The summed E-state index contributed by atoms with van der Waals surface area (Å²) in [6, 6.07) is 11.5. The number of rotatable bonds is 4. The van der Waals surface area contributed by atoms with Crippen LogP contribution < -0.4 is 36.8 Å². The summed E-state index contributed by atoms with van der Waals surface area (Å²) < 4.78 is 14.3. The standard InChI is InChI=1S/C21H21N3O3.BrH/c1-13-4-5-15(8-14(13)2)17-10-24(21(22)23(17)3)11-18(25)16-6-7-19-20(9-16)27-12-26-19;/h4-10,22H,11-12H2,1-3H3;1H. The minimum absolute atomic E-state index is 0. The Hall–Kier alpha value is -2.80. The van der Waals surface area contributed by atoms with Gasteiger partial charge in [0.2, 0.25) is 6.79 Å². The van der Waals surface area contributed by atoms with E-state index in [-0.39, 0.29) is 36.1 Å². The van der Waals surface area contributed by atoms with Gasteiger partial charge in [-0.15, -0.1) is 0 Å². The number of ether oxygens (including phenoxy) is 2. The van der Waals surface area contributed by atoms with E-state index in [0.717, 1.165) is 11.3 Å². The Labute approximate surface area is 174 Å². The monoisotopic (exact) mass is 443 g/mol. The molecule has 0 saturated carbocycles. The Morgan fingerprint density at radius 3 is 2.61 bits per heavy atom. The molecule has 7 heteroatoms. The van der Waals surface area contributed by atoms with Crippen molar-refractivity contribution in [3.8, 4) is 22.8 Å². The normalized spacial score (nSPS) is 12.0. The maximum Gasteiger partial charge on any atom is 0.355 e. The van der Waals surface area contributed by atoms with Crippen LogP contribution >= 0.6 is 0 Å². The van der Waals surface area contributed by atoms with Gasteiger partial charge in [0, 0.05) is 11.1 Å². The number of nitrogens with zero attached hydrogens (tertiary/aromatic N) is 2. The third-order valence-corrected chi connectivity index (χ3v) is 5.09. The SMILES string of the molecule is Cc1ccc(-c2c[n+](CC(=O)c3ccc4c(c3)OCO4)c(N)n2C)cc1C.[Br-]. The Kier molecular flexibility index (Phi) is 5.47. The number of halogens is 1. The summed E-state index contributed by atoms with van der Waals surface area (Å²) in [4.78, 5) is 12.7.